The van der Waals surface area contributed by atoms with E-state index in [0.29, 0.717) is 0 Å². The molecule has 3 rings (SSSR count). The molecule has 0 spiro atoms. The minimum absolute atomic E-state index is 0.685. The highest BCUT2D eigenvalue weighted by Gasteiger charge is 2.19. The molecular weight excluding hydrogens is 272 g/mol. The Morgan fingerprint density at radius 2 is 1.73 bits per heavy atom. The Kier molecular flexibility index (Phi) is 4.54. The summed E-state index contributed by atoms with van der Waals surface area (Å²) in [6.45, 7) is 3.10. The second kappa shape index (κ2) is 6.75. The number of imidazole rings is 1. The van der Waals surface area contributed by atoms with Gasteiger partial charge in [0.1, 0.15) is 11.9 Å². The Hall–Kier alpha value is -2.13. The molecule has 22 heavy (non-hydrogen) atoms. The molecule has 0 aliphatic rings. The first-order valence-electron chi connectivity index (χ1n) is 7.99. The minimum atomic E-state index is -0.685. The fourth-order valence-electron chi connectivity index (χ4n) is 2.84. The maximum atomic E-state index is 10.7. The van der Waals surface area contributed by atoms with E-state index in [1.807, 2.05) is 48.5 Å². The van der Waals surface area contributed by atoms with E-state index in [0.717, 1.165) is 35.4 Å². The number of hydrogen-bond donors (Lipinski definition) is 1. The van der Waals surface area contributed by atoms with Gasteiger partial charge in [0.25, 0.3) is 0 Å². The number of aromatic nitrogens is 2. The van der Waals surface area contributed by atoms with Crippen molar-refractivity contribution in [3.8, 4) is 0 Å². The number of hydrogen-bond acceptors (Lipinski definition) is 2. The molecule has 3 heteroatoms. The molecule has 0 amide bonds. The van der Waals surface area contributed by atoms with E-state index >= 15 is 0 Å². The van der Waals surface area contributed by atoms with Gasteiger partial charge in [0, 0.05) is 6.54 Å². The van der Waals surface area contributed by atoms with Crippen LogP contribution in [0.2, 0.25) is 0 Å². The van der Waals surface area contributed by atoms with Crippen LogP contribution < -0.4 is 0 Å². The van der Waals surface area contributed by atoms with Gasteiger partial charge in [-0.1, -0.05) is 62.2 Å². The van der Waals surface area contributed by atoms with Crippen LogP contribution in [-0.4, -0.2) is 14.7 Å². The molecule has 2 aromatic carbocycles. The summed E-state index contributed by atoms with van der Waals surface area (Å²) in [4.78, 5) is 4.68. The van der Waals surface area contributed by atoms with Crippen LogP contribution in [0.5, 0.6) is 0 Å². The molecule has 1 unspecified atom stereocenters. The topological polar surface area (TPSA) is 38.0 Å². The molecule has 3 aromatic rings. The number of unbranched alkanes of at least 4 members (excludes halogenated alkanes) is 2. The molecule has 0 aliphatic carbocycles. The predicted molar refractivity (Wildman–Crippen MR) is 89.8 cm³/mol. The van der Waals surface area contributed by atoms with Crippen molar-refractivity contribution in [2.24, 2.45) is 0 Å². The second-order valence-corrected chi connectivity index (χ2v) is 5.63. The molecule has 1 aromatic heterocycles. The lowest BCUT2D eigenvalue weighted by Gasteiger charge is -2.14. The van der Waals surface area contributed by atoms with Crippen molar-refractivity contribution in [1.29, 1.82) is 0 Å². The van der Waals surface area contributed by atoms with Gasteiger partial charge in [-0.05, 0) is 24.1 Å². The molecule has 0 saturated carbocycles. The zero-order chi connectivity index (χ0) is 15.4. The summed E-state index contributed by atoms with van der Waals surface area (Å²) in [6.07, 6.45) is 2.79. The summed E-state index contributed by atoms with van der Waals surface area (Å²) in [6, 6.07) is 17.8. The maximum absolute atomic E-state index is 10.7. The van der Waals surface area contributed by atoms with Gasteiger partial charge in [-0.3, -0.25) is 0 Å². The summed E-state index contributed by atoms with van der Waals surface area (Å²) in [5, 5.41) is 10.7. The van der Waals surface area contributed by atoms with E-state index in [2.05, 4.69) is 22.5 Å². The van der Waals surface area contributed by atoms with E-state index in [4.69, 9.17) is 0 Å². The van der Waals surface area contributed by atoms with Gasteiger partial charge in [0.05, 0.1) is 11.0 Å². The van der Waals surface area contributed by atoms with Crippen molar-refractivity contribution in [1.82, 2.24) is 9.55 Å². The number of para-hydroxylation sites is 2. The van der Waals surface area contributed by atoms with E-state index in [1.54, 1.807) is 0 Å². The van der Waals surface area contributed by atoms with Crippen molar-refractivity contribution >= 4 is 11.0 Å². The average Bonchev–Trinajstić information content (AvgIpc) is 2.94. The molecular formula is C19H22N2O. The molecule has 0 saturated heterocycles. The van der Waals surface area contributed by atoms with Crippen LogP contribution in [0.25, 0.3) is 11.0 Å². The average molecular weight is 294 g/mol. The SMILES string of the molecule is CCCCCn1c(C(O)c2ccccc2)nc2ccccc21. The normalized spacial score (nSPS) is 12.6. The number of benzene rings is 2. The van der Waals surface area contributed by atoms with Gasteiger partial charge >= 0.3 is 0 Å². The first-order chi connectivity index (χ1) is 10.8. The Balaban J connectivity index is 2.02. The summed E-state index contributed by atoms with van der Waals surface area (Å²) in [5.41, 5.74) is 2.93. The summed E-state index contributed by atoms with van der Waals surface area (Å²) in [5.74, 6) is 0.739. The van der Waals surface area contributed by atoms with Crippen LogP contribution in [0, 0.1) is 0 Å². The van der Waals surface area contributed by atoms with Crippen molar-refractivity contribution in [2.45, 2.75) is 38.8 Å². The van der Waals surface area contributed by atoms with Crippen LogP contribution in [0.4, 0.5) is 0 Å². The summed E-state index contributed by atoms with van der Waals surface area (Å²) >= 11 is 0. The lowest BCUT2D eigenvalue weighted by molar-refractivity contribution is 0.205. The van der Waals surface area contributed by atoms with Gasteiger partial charge in [-0.15, -0.1) is 0 Å². The smallest absolute Gasteiger partial charge is 0.143 e. The van der Waals surface area contributed by atoms with E-state index in [-0.39, 0.29) is 0 Å². The van der Waals surface area contributed by atoms with Gasteiger partial charge in [0.15, 0.2) is 0 Å². The molecule has 0 fully saturated rings. The van der Waals surface area contributed by atoms with Gasteiger partial charge < -0.3 is 9.67 Å². The van der Waals surface area contributed by atoms with Gasteiger partial charge in [0.2, 0.25) is 0 Å². The number of fused-ring (bicyclic) bond motifs is 1. The number of aliphatic hydroxyl groups excluding tert-OH is 1. The molecule has 3 nitrogen and oxygen atoms in total. The Bertz CT molecular complexity index is 734. The standard InChI is InChI=1S/C19H22N2O/c1-2-3-9-14-21-17-13-8-7-12-16(17)20-19(21)18(22)15-10-5-4-6-11-15/h4-8,10-13,18,22H,2-3,9,14H2,1H3. The fourth-order valence-corrected chi connectivity index (χ4v) is 2.84. The number of aryl methyl sites for hydroxylation is 1. The van der Waals surface area contributed by atoms with Crippen LogP contribution >= 0.6 is 0 Å². The molecule has 114 valence electrons. The highest BCUT2D eigenvalue weighted by atomic mass is 16.3. The Labute approximate surface area is 131 Å². The zero-order valence-electron chi connectivity index (χ0n) is 12.9. The van der Waals surface area contributed by atoms with Crippen LogP contribution in [0.1, 0.15) is 43.7 Å². The van der Waals surface area contributed by atoms with E-state index in [1.165, 1.54) is 12.8 Å². The van der Waals surface area contributed by atoms with Crippen LogP contribution in [0.3, 0.4) is 0 Å². The Morgan fingerprint density at radius 1 is 1.00 bits per heavy atom. The lowest BCUT2D eigenvalue weighted by Crippen LogP contribution is -2.10. The molecule has 0 radical (unpaired) electrons. The third kappa shape index (κ3) is 2.90. The Morgan fingerprint density at radius 3 is 2.50 bits per heavy atom. The number of rotatable bonds is 6. The molecule has 1 heterocycles. The first-order valence-corrected chi connectivity index (χ1v) is 7.99. The molecule has 1 atom stereocenters. The van der Waals surface area contributed by atoms with Crippen molar-refractivity contribution in [3.63, 3.8) is 0 Å². The predicted octanol–water partition coefficient (Wildman–Crippen LogP) is 4.31. The molecule has 0 bridgehead atoms. The van der Waals surface area contributed by atoms with Gasteiger partial charge in [-0.2, -0.15) is 0 Å². The third-order valence-electron chi connectivity index (χ3n) is 4.03. The first kappa shape index (κ1) is 14.8. The van der Waals surface area contributed by atoms with Crippen molar-refractivity contribution in [3.05, 3.63) is 66.0 Å². The van der Waals surface area contributed by atoms with Crippen molar-refractivity contribution in [2.75, 3.05) is 0 Å². The van der Waals surface area contributed by atoms with Gasteiger partial charge in [-0.25, -0.2) is 4.98 Å². The zero-order valence-corrected chi connectivity index (χ0v) is 12.9. The third-order valence-corrected chi connectivity index (χ3v) is 4.03. The minimum Gasteiger partial charge on any atom is -0.380 e. The van der Waals surface area contributed by atoms with Crippen LogP contribution in [-0.2, 0) is 6.54 Å². The van der Waals surface area contributed by atoms with E-state index in [9.17, 15) is 5.11 Å². The van der Waals surface area contributed by atoms with Crippen molar-refractivity contribution < 1.29 is 5.11 Å². The number of nitrogens with zero attached hydrogens (tertiary/aromatic N) is 2. The highest BCUT2D eigenvalue weighted by molar-refractivity contribution is 5.76. The fraction of sp³-hybridized carbons (Fsp3) is 0.316. The monoisotopic (exact) mass is 294 g/mol. The maximum Gasteiger partial charge on any atom is 0.143 e. The molecule has 0 aliphatic heterocycles. The lowest BCUT2D eigenvalue weighted by atomic mass is 10.1. The van der Waals surface area contributed by atoms with E-state index < -0.39 is 6.10 Å². The second-order valence-electron chi connectivity index (χ2n) is 5.63. The molecule has 1 N–H and O–H groups in total. The quantitative estimate of drug-likeness (QED) is 0.688. The summed E-state index contributed by atoms with van der Waals surface area (Å²) < 4.78 is 2.17. The van der Waals surface area contributed by atoms with Crippen LogP contribution in [0.15, 0.2) is 54.6 Å². The highest BCUT2D eigenvalue weighted by Crippen LogP contribution is 2.26. The summed E-state index contributed by atoms with van der Waals surface area (Å²) in [7, 11) is 0. The largest absolute Gasteiger partial charge is 0.380 e. The number of aliphatic hydroxyl groups is 1.